The Morgan fingerprint density at radius 2 is 1.97 bits per heavy atom. The number of aryl methyl sites for hydroxylation is 1. The minimum atomic E-state index is -0.996. The van der Waals surface area contributed by atoms with Gasteiger partial charge in [-0.1, -0.05) is 47.7 Å². The fraction of sp³-hybridized carbons (Fsp3) is 0.292. The first-order valence-electron chi connectivity index (χ1n) is 10.5. The molecule has 0 spiro atoms. The fourth-order valence-corrected chi connectivity index (χ4v) is 4.71. The Hall–Kier alpha value is -3.23. The summed E-state index contributed by atoms with van der Waals surface area (Å²) in [6.45, 7) is 2.32. The molecule has 0 radical (unpaired) electrons. The lowest BCUT2D eigenvalue weighted by Crippen LogP contribution is -2.41. The highest BCUT2D eigenvalue weighted by molar-refractivity contribution is 7.17. The molecule has 1 amide bonds. The minimum Gasteiger partial charge on any atom is -0.478 e. The lowest BCUT2D eigenvalue weighted by atomic mass is 10.2. The number of nitrogens with zero attached hydrogens (tertiary/aromatic N) is 1. The van der Waals surface area contributed by atoms with E-state index in [1.165, 1.54) is 23.5 Å². The van der Waals surface area contributed by atoms with E-state index in [-0.39, 0.29) is 23.6 Å². The van der Waals surface area contributed by atoms with E-state index >= 15 is 0 Å². The largest absolute Gasteiger partial charge is 0.478 e. The van der Waals surface area contributed by atoms with Crippen LogP contribution in [0, 0.1) is 6.92 Å². The van der Waals surface area contributed by atoms with Gasteiger partial charge in [0.2, 0.25) is 0 Å². The normalized spacial score (nSPS) is 17.8. The molecule has 3 aromatic rings. The zero-order valence-corrected chi connectivity index (χ0v) is 18.5. The summed E-state index contributed by atoms with van der Waals surface area (Å²) in [6.07, 6.45) is 2.81. The molecule has 1 aromatic heterocycles. The van der Waals surface area contributed by atoms with Gasteiger partial charge in [0.1, 0.15) is 4.88 Å². The number of carbonyl (C=O) groups excluding carboxylic acids is 1. The number of nitrogens with one attached hydrogen (secondary N) is 2. The predicted molar refractivity (Wildman–Crippen MR) is 124 cm³/mol. The number of aromatic carboxylic acids is 1. The van der Waals surface area contributed by atoms with Crippen molar-refractivity contribution in [2.75, 3.05) is 5.32 Å². The summed E-state index contributed by atoms with van der Waals surface area (Å²) in [5.74, 6) is -1.16. The molecule has 0 bridgehead atoms. The van der Waals surface area contributed by atoms with Gasteiger partial charge in [0.25, 0.3) is 5.91 Å². The van der Waals surface area contributed by atoms with Crippen LogP contribution in [0.2, 0.25) is 0 Å². The Morgan fingerprint density at radius 1 is 1.16 bits per heavy atom. The number of hydrogen-bond acceptors (Lipinski definition) is 6. The van der Waals surface area contributed by atoms with E-state index in [1.54, 1.807) is 19.1 Å². The lowest BCUT2D eigenvalue weighted by molar-refractivity contribution is 0.0272. The van der Waals surface area contributed by atoms with E-state index < -0.39 is 5.97 Å². The standard InChI is InChI=1S/C24H25N3O4S/c1-15-21(32-24(25-15)26-18-10-5-9-17(13-18)23(29)30)22(28)27-19-11-6-12-20(19)31-14-16-7-3-2-4-8-16/h2-5,7-10,13,19-20H,6,11-12,14H2,1H3,(H,25,26)(H,27,28)(H,29,30)/t19-,20-/m0/s1. The van der Waals surface area contributed by atoms with Crippen molar-refractivity contribution in [3.05, 3.63) is 76.3 Å². The average Bonchev–Trinajstić information content (AvgIpc) is 3.38. The Kier molecular flexibility index (Phi) is 6.82. The first-order chi connectivity index (χ1) is 15.5. The zero-order chi connectivity index (χ0) is 22.5. The van der Waals surface area contributed by atoms with Crippen LogP contribution in [0.1, 0.15) is 50.5 Å². The first kappa shape index (κ1) is 22.0. The van der Waals surface area contributed by atoms with Gasteiger partial charge in [-0.25, -0.2) is 9.78 Å². The number of carbonyl (C=O) groups is 2. The molecule has 166 valence electrons. The van der Waals surface area contributed by atoms with E-state index in [2.05, 4.69) is 15.6 Å². The highest BCUT2D eigenvalue weighted by Gasteiger charge is 2.30. The third-order valence-electron chi connectivity index (χ3n) is 5.44. The van der Waals surface area contributed by atoms with Gasteiger partial charge in [-0.15, -0.1) is 0 Å². The van der Waals surface area contributed by atoms with Gasteiger partial charge in [0.05, 0.1) is 30.0 Å². The van der Waals surface area contributed by atoms with Gasteiger partial charge in [0, 0.05) is 5.69 Å². The van der Waals surface area contributed by atoms with E-state index in [1.807, 2.05) is 30.3 Å². The quantitative estimate of drug-likeness (QED) is 0.457. The van der Waals surface area contributed by atoms with Gasteiger partial charge in [-0.2, -0.15) is 0 Å². The number of aromatic nitrogens is 1. The summed E-state index contributed by atoms with van der Waals surface area (Å²) in [6, 6.07) is 16.5. The molecule has 32 heavy (non-hydrogen) atoms. The molecule has 2 aromatic carbocycles. The molecule has 8 heteroatoms. The van der Waals surface area contributed by atoms with E-state index in [0.717, 1.165) is 24.8 Å². The van der Waals surface area contributed by atoms with Gasteiger partial charge in [0.15, 0.2) is 5.13 Å². The predicted octanol–water partition coefficient (Wildman–Crippen LogP) is 4.76. The van der Waals surface area contributed by atoms with Crippen molar-refractivity contribution in [2.24, 2.45) is 0 Å². The molecular formula is C24H25N3O4S. The molecule has 1 saturated carbocycles. The molecule has 0 aliphatic heterocycles. The van der Waals surface area contributed by atoms with E-state index in [9.17, 15) is 9.59 Å². The maximum atomic E-state index is 12.9. The summed E-state index contributed by atoms with van der Waals surface area (Å²) in [7, 11) is 0. The summed E-state index contributed by atoms with van der Waals surface area (Å²) in [5.41, 5.74) is 2.54. The number of carboxylic acids is 1. The maximum absolute atomic E-state index is 12.9. The molecule has 0 saturated heterocycles. The van der Waals surface area contributed by atoms with Gasteiger partial charge < -0.3 is 20.5 Å². The number of benzene rings is 2. The van der Waals surface area contributed by atoms with Crippen LogP contribution in [-0.2, 0) is 11.3 Å². The Morgan fingerprint density at radius 3 is 2.75 bits per heavy atom. The number of carboxylic acid groups (broad SMARTS) is 1. The molecule has 1 aliphatic carbocycles. The lowest BCUT2D eigenvalue weighted by Gasteiger charge is -2.21. The second-order valence-electron chi connectivity index (χ2n) is 7.79. The molecule has 1 aliphatic rings. The summed E-state index contributed by atoms with van der Waals surface area (Å²) >= 11 is 1.25. The maximum Gasteiger partial charge on any atom is 0.335 e. The van der Waals surface area contributed by atoms with Crippen molar-refractivity contribution in [2.45, 2.75) is 44.9 Å². The molecule has 0 unspecified atom stereocenters. The van der Waals surface area contributed by atoms with Crippen LogP contribution in [0.5, 0.6) is 0 Å². The molecule has 7 nitrogen and oxygen atoms in total. The highest BCUT2D eigenvalue weighted by atomic mass is 32.1. The molecule has 1 fully saturated rings. The molecule has 2 atom stereocenters. The SMILES string of the molecule is Cc1nc(Nc2cccc(C(=O)O)c2)sc1C(=O)N[C@H]1CCC[C@@H]1OCc1ccccc1. The van der Waals surface area contributed by atoms with Gasteiger partial charge >= 0.3 is 5.97 Å². The second kappa shape index (κ2) is 9.93. The van der Waals surface area contributed by atoms with Crippen molar-refractivity contribution in [1.29, 1.82) is 0 Å². The van der Waals surface area contributed by atoms with Crippen LogP contribution >= 0.6 is 11.3 Å². The van der Waals surface area contributed by atoms with Crippen LogP contribution in [0.4, 0.5) is 10.8 Å². The monoisotopic (exact) mass is 451 g/mol. The Labute approximate surface area is 190 Å². The van der Waals surface area contributed by atoms with E-state index in [0.29, 0.717) is 28.0 Å². The van der Waals surface area contributed by atoms with Crippen LogP contribution in [0.25, 0.3) is 0 Å². The first-order valence-corrected chi connectivity index (χ1v) is 11.4. The smallest absolute Gasteiger partial charge is 0.335 e. The van der Waals surface area contributed by atoms with Crippen LogP contribution in [-0.4, -0.2) is 34.1 Å². The summed E-state index contributed by atoms with van der Waals surface area (Å²) in [5, 5.41) is 15.9. The number of thiazole rings is 1. The van der Waals surface area contributed by atoms with Crippen LogP contribution < -0.4 is 10.6 Å². The summed E-state index contributed by atoms with van der Waals surface area (Å²) in [4.78, 5) is 29.1. The van der Waals surface area contributed by atoms with E-state index in [4.69, 9.17) is 9.84 Å². The van der Waals surface area contributed by atoms with Crippen LogP contribution in [0.3, 0.4) is 0 Å². The number of amides is 1. The van der Waals surface area contributed by atoms with Crippen LogP contribution in [0.15, 0.2) is 54.6 Å². The van der Waals surface area contributed by atoms with Crippen molar-refractivity contribution < 1.29 is 19.4 Å². The van der Waals surface area contributed by atoms with Crippen molar-refractivity contribution in [3.63, 3.8) is 0 Å². The molecule has 1 heterocycles. The Bertz CT molecular complexity index is 1100. The fourth-order valence-electron chi connectivity index (χ4n) is 3.82. The van der Waals surface area contributed by atoms with Crippen molar-refractivity contribution >= 4 is 34.0 Å². The average molecular weight is 452 g/mol. The van der Waals surface area contributed by atoms with Gasteiger partial charge in [-0.05, 0) is 49.9 Å². The number of hydrogen-bond donors (Lipinski definition) is 3. The second-order valence-corrected chi connectivity index (χ2v) is 8.79. The molecular weight excluding hydrogens is 426 g/mol. The van der Waals surface area contributed by atoms with Crippen molar-refractivity contribution in [1.82, 2.24) is 10.3 Å². The number of anilines is 2. The zero-order valence-electron chi connectivity index (χ0n) is 17.7. The summed E-state index contributed by atoms with van der Waals surface area (Å²) < 4.78 is 6.10. The highest BCUT2D eigenvalue weighted by Crippen LogP contribution is 2.28. The number of ether oxygens (including phenoxy) is 1. The minimum absolute atomic E-state index is 0.0104. The topological polar surface area (TPSA) is 101 Å². The molecule has 3 N–H and O–H groups in total. The van der Waals surface area contributed by atoms with Crippen molar-refractivity contribution in [3.8, 4) is 0 Å². The third kappa shape index (κ3) is 5.33. The third-order valence-corrected chi connectivity index (χ3v) is 6.51. The molecule has 4 rings (SSSR count). The van der Waals surface area contributed by atoms with Gasteiger partial charge in [-0.3, -0.25) is 4.79 Å². The number of rotatable bonds is 8. The Balaban J connectivity index is 1.38.